The third kappa shape index (κ3) is 3.10. The fourth-order valence-electron chi connectivity index (χ4n) is 2.11. The number of nitrogens with one attached hydrogen (secondary N) is 2. The SMILES string of the molecule is CCc1cccc(CC)c1N=Cc1c(O)[nH]c(=O)[nH]c1=O. The molecule has 110 valence electrons. The van der Waals surface area contributed by atoms with Crippen LogP contribution >= 0.6 is 0 Å². The Labute approximate surface area is 121 Å². The summed E-state index contributed by atoms with van der Waals surface area (Å²) in [6.07, 6.45) is 2.90. The molecule has 0 unspecified atom stereocenters. The van der Waals surface area contributed by atoms with Crippen LogP contribution in [0.25, 0.3) is 0 Å². The lowest BCUT2D eigenvalue weighted by atomic mass is 10.0. The topological polar surface area (TPSA) is 98.3 Å². The van der Waals surface area contributed by atoms with E-state index in [2.05, 4.69) is 15.0 Å². The van der Waals surface area contributed by atoms with Crippen LogP contribution in [0.15, 0.2) is 32.8 Å². The van der Waals surface area contributed by atoms with Gasteiger partial charge in [0, 0.05) is 6.21 Å². The number of aromatic nitrogens is 2. The van der Waals surface area contributed by atoms with E-state index in [1.54, 1.807) is 0 Å². The molecule has 0 bridgehead atoms. The molecule has 0 amide bonds. The first-order chi connectivity index (χ1) is 10.1. The quantitative estimate of drug-likeness (QED) is 0.745. The lowest BCUT2D eigenvalue weighted by Crippen LogP contribution is -2.24. The highest BCUT2D eigenvalue weighted by Crippen LogP contribution is 2.25. The second-order valence-corrected chi connectivity index (χ2v) is 4.56. The van der Waals surface area contributed by atoms with Crippen molar-refractivity contribution in [3.8, 4) is 5.88 Å². The standard InChI is InChI=1S/C15H17N3O3/c1-3-9-6-5-7-10(4-2)12(9)16-8-11-13(19)17-15(21)18-14(11)20/h5-8H,3-4H2,1-2H3,(H3,17,18,19,20,21). The monoisotopic (exact) mass is 287 g/mol. The fraction of sp³-hybridized carbons (Fsp3) is 0.267. The summed E-state index contributed by atoms with van der Waals surface area (Å²) < 4.78 is 0. The Morgan fingerprint density at radius 1 is 1.14 bits per heavy atom. The van der Waals surface area contributed by atoms with Crippen LogP contribution in [-0.2, 0) is 12.8 Å². The average Bonchev–Trinajstić information content (AvgIpc) is 2.45. The minimum Gasteiger partial charge on any atom is -0.494 e. The van der Waals surface area contributed by atoms with Crippen molar-refractivity contribution < 1.29 is 5.11 Å². The first-order valence-electron chi connectivity index (χ1n) is 6.77. The van der Waals surface area contributed by atoms with Crippen molar-refractivity contribution in [1.82, 2.24) is 9.97 Å². The summed E-state index contributed by atoms with van der Waals surface area (Å²) in [6.45, 7) is 4.05. The first kappa shape index (κ1) is 14.8. The Morgan fingerprint density at radius 3 is 2.29 bits per heavy atom. The first-order valence-corrected chi connectivity index (χ1v) is 6.77. The summed E-state index contributed by atoms with van der Waals surface area (Å²) >= 11 is 0. The van der Waals surface area contributed by atoms with Gasteiger partial charge in [0.25, 0.3) is 5.56 Å². The van der Waals surface area contributed by atoms with E-state index in [0.717, 1.165) is 29.7 Å². The largest absolute Gasteiger partial charge is 0.494 e. The predicted octanol–water partition coefficient (Wildman–Crippen LogP) is 1.64. The van der Waals surface area contributed by atoms with Crippen molar-refractivity contribution in [3.63, 3.8) is 0 Å². The van der Waals surface area contributed by atoms with Crippen molar-refractivity contribution in [3.05, 3.63) is 55.7 Å². The summed E-state index contributed by atoms with van der Waals surface area (Å²) in [5.41, 5.74) is 1.43. The molecule has 1 aromatic carbocycles. The zero-order valence-corrected chi connectivity index (χ0v) is 11.9. The van der Waals surface area contributed by atoms with Crippen molar-refractivity contribution >= 4 is 11.9 Å². The maximum atomic E-state index is 11.7. The molecule has 2 aromatic rings. The number of aryl methyl sites for hydroxylation is 2. The highest BCUT2D eigenvalue weighted by atomic mass is 16.3. The van der Waals surface area contributed by atoms with Crippen LogP contribution in [0.2, 0.25) is 0 Å². The van der Waals surface area contributed by atoms with E-state index in [1.807, 2.05) is 32.0 Å². The number of H-pyrrole nitrogens is 2. The molecule has 0 radical (unpaired) electrons. The molecule has 1 aromatic heterocycles. The van der Waals surface area contributed by atoms with Crippen molar-refractivity contribution in [2.75, 3.05) is 0 Å². The smallest absolute Gasteiger partial charge is 0.328 e. The maximum Gasteiger partial charge on any atom is 0.328 e. The molecule has 0 saturated heterocycles. The minimum absolute atomic E-state index is 0.0671. The van der Waals surface area contributed by atoms with Crippen LogP contribution in [0, 0.1) is 0 Å². The van der Waals surface area contributed by atoms with Crippen LogP contribution in [0.3, 0.4) is 0 Å². The summed E-state index contributed by atoms with van der Waals surface area (Å²) in [4.78, 5) is 31.2. The minimum atomic E-state index is -0.752. The highest BCUT2D eigenvalue weighted by molar-refractivity contribution is 5.84. The van der Waals surface area contributed by atoms with E-state index >= 15 is 0 Å². The number of para-hydroxylation sites is 1. The third-order valence-electron chi connectivity index (χ3n) is 3.25. The zero-order chi connectivity index (χ0) is 15.4. The zero-order valence-electron chi connectivity index (χ0n) is 11.9. The number of hydrogen-bond acceptors (Lipinski definition) is 4. The lowest BCUT2D eigenvalue weighted by molar-refractivity contribution is 0.447. The summed E-state index contributed by atoms with van der Waals surface area (Å²) in [5.74, 6) is -0.487. The Balaban J connectivity index is 2.52. The maximum absolute atomic E-state index is 11.7. The normalized spacial score (nSPS) is 11.1. The predicted molar refractivity (Wildman–Crippen MR) is 81.8 cm³/mol. The van der Waals surface area contributed by atoms with Crippen LogP contribution in [0.5, 0.6) is 5.88 Å². The second-order valence-electron chi connectivity index (χ2n) is 4.56. The van der Waals surface area contributed by atoms with Gasteiger partial charge in [-0.15, -0.1) is 0 Å². The van der Waals surface area contributed by atoms with Gasteiger partial charge in [-0.25, -0.2) is 4.79 Å². The van der Waals surface area contributed by atoms with Gasteiger partial charge in [-0.2, -0.15) is 0 Å². The highest BCUT2D eigenvalue weighted by Gasteiger charge is 2.08. The van der Waals surface area contributed by atoms with E-state index in [9.17, 15) is 14.7 Å². The van der Waals surface area contributed by atoms with Gasteiger partial charge < -0.3 is 5.11 Å². The number of aromatic amines is 2. The van der Waals surface area contributed by atoms with E-state index in [0.29, 0.717) is 0 Å². The summed E-state index contributed by atoms with van der Waals surface area (Å²) in [5, 5.41) is 9.64. The molecule has 0 fully saturated rings. The molecule has 0 saturated carbocycles. The molecule has 0 aliphatic carbocycles. The van der Waals surface area contributed by atoms with Gasteiger partial charge in [-0.1, -0.05) is 32.0 Å². The average molecular weight is 287 g/mol. The van der Waals surface area contributed by atoms with Crippen LogP contribution in [0.4, 0.5) is 5.69 Å². The third-order valence-corrected chi connectivity index (χ3v) is 3.25. The molecule has 0 atom stereocenters. The summed E-state index contributed by atoms with van der Waals surface area (Å²) in [6, 6.07) is 5.92. The number of aliphatic imine (C=N–C) groups is 1. The Kier molecular flexibility index (Phi) is 4.37. The molecule has 6 heteroatoms. The van der Waals surface area contributed by atoms with Gasteiger partial charge in [0.05, 0.1) is 5.69 Å². The van der Waals surface area contributed by atoms with Crippen LogP contribution < -0.4 is 11.2 Å². The van der Waals surface area contributed by atoms with E-state index in [-0.39, 0.29) is 5.56 Å². The molecule has 1 heterocycles. The molecular weight excluding hydrogens is 270 g/mol. The van der Waals surface area contributed by atoms with Gasteiger partial charge in [-0.05, 0) is 24.0 Å². The number of benzene rings is 1. The molecule has 21 heavy (non-hydrogen) atoms. The molecule has 0 spiro atoms. The Morgan fingerprint density at radius 2 is 1.76 bits per heavy atom. The van der Waals surface area contributed by atoms with Gasteiger partial charge in [0.1, 0.15) is 5.56 Å². The molecule has 0 aliphatic heterocycles. The van der Waals surface area contributed by atoms with Gasteiger partial charge in [0.2, 0.25) is 5.88 Å². The molecule has 2 rings (SSSR count). The fourth-order valence-corrected chi connectivity index (χ4v) is 2.11. The lowest BCUT2D eigenvalue weighted by Gasteiger charge is -2.08. The van der Waals surface area contributed by atoms with E-state index < -0.39 is 17.1 Å². The van der Waals surface area contributed by atoms with Crippen LogP contribution in [-0.4, -0.2) is 21.3 Å². The summed E-state index contributed by atoms with van der Waals surface area (Å²) in [7, 11) is 0. The van der Waals surface area contributed by atoms with E-state index in [1.165, 1.54) is 6.21 Å². The Bertz CT molecular complexity index is 765. The van der Waals surface area contributed by atoms with Crippen LogP contribution in [0.1, 0.15) is 30.5 Å². The van der Waals surface area contributed by atoms with Crippen molar-refractivity contribution in [1.29, 1.82) is 0 Å². The van der Waals surface area contributed by atoms with Gasteiger partial charge >= 0.3 is 5.69 Å². The van der Waals surface area contributed by atoms with Crippen molar-refractivity contribution in [2.24, 2.45) is 4.99 Å². The molecular formula is C15H17N3O3. The Hall–Kier alpha value is -2.63. The van der Waals surface area contributed by atoms with Crippen molar-refractivity contribution in [2.45, 2.75) is 26.7 Å². The molecule has 6 nitrogen and oxygen atoms in total. The van der Waals surface area contributed by atoms with E-state index in [4.69, 9.17) is 0 Å². The second kappa shape index (κ2) is 6.21. The van der Waals surface area contributed by atoms with Gasteiger partial charge in [-0.3, -0.25) is 19.8 Å². The number of aromatic hydroxyl groups is 1. The van der Waals surface area contributed by atoms with Gasteiger partial charge in [0.15, 0.2) is 0 Å². The number of rotatable bonds is 4. The number of hydrogen-bond donors (Lipinski definition) is 3. The molecule has 3 N–H and O–H groups in total. The number of nitrogens with zero attached hydrogens (tertiary/aromatic N) is 1. The molecule has 0 aliphatic rings.